The molecular formula is C15H26N4O. The Labute approximate surface area is 121 Å². The highest BCUT2D eigenvalue weighted by molar-refractivity contribution is 5.74. The lowest BCUT2D eigenvalue weighted by molar-refractivity contribution is 0.236. The molecule has 1 fully saturated rings. The van der Waals surface area contributed by atoms with E-state index in [1.165, 1.54) is 25.7 Å². The number of aryl methyl sites for hydroxylation is 2. The highest BCUT2D eigenvalue weighted by Gasteiger charge is 2.19. The van der Waals surface area contributed by atoms with Crippen molar-refractivity contribution in [3.63, 3.8) is 0 Å². The van der Waals surface area contributed by atoms with Crippen molar-refractivity contribution in [3.05, 3.63) is 17.0 Å². The molecule has 1 aliphatic carbocycles. The molecule has 1 aliphatic rings. The van der Waals surface area contributed by atoms with E-state index in [0.29, 0.717) is 5.92 Å². The zero-order valence-corrected chi connectivity index (χ0v) is 13.0. The summed E-state index contributed by atoms with van der Waals surface area (Å²) >= 11 is 0. The van der Waals surface area contributed by atoms with Crippen molar-refractivity contribution in [2.75, 3.05) is 6.54 Å². The zero-order chi connectivity index (χ0) is 14.7. The van der Waals surface area contributed by atoms with Crippen LogP contribution in [-0.4, -0.2) is 22.4 Å². The highest BCUT2D eigenvalue weighted by Crippen LogP contribution is 2.24. The lowest BCUT2D eigenvalue weighted by atomic mass is 10.1. The molecule has 1 aromatic rings. The standard InChI is InChI=1S/C15H26N4O/c1-10(14-11(2)18-19(4)12(14)3)17-15(20)16-9-13-7-5-6-8-13/h10,13H,5-9H2,1-4H3,(H2,16,17,20). The molecule has 2 amide bonds. The normalized spacial score (nSPS) is 17.2. The largest absolute Gasteiger partial charge is 0.338 e. The number of nitrogens with one attached hydrogen (secondary N) is 2. The molecule has 2 N–H and O–H groups in total. The molecule has 5 nitrogen and oxygen atoms in total. The van der Waals surface area contributed by atoms with E-state index >= 15 is 0 Å². The molecule has 2 rings (SSSR count). The molecule has 5 heteroatoms. The number of carbonyl (C=O) groups excluding carboxylic acids is 1. The highest BCUT2D eigenvalue weighted by atomic mass is 16.2. The van der Waals surface area contributed by atoms with Gasteiger partial charge in [0.05, 0.1) is 11.7 Å². The number of hydrogen-bond donors (Lipinski definition) is 2. The maximum absolute atomic E-state index is 12.0. The summed E-state index contributed by atoms with van der Waals surface area (Å²) in [7, 11) is 1.93. The first-order chi connectivity index (χ1) is 9.49. The fourth-order valence-electron chi connectivity index (χ4n) is 3.19. The van der Waals surface area contributed by atoms with Crippen LogP contribution in [0.25, 0.3) is 0 Å². The average Bonchev–Trinajstić information content (AvgIpc) is 2.96. The lowest BCUT2D eigenvalue weighted by Gasteiger charge is -2.17. The van der Waals surface area contributed by atoms with Crippen molar-refractivity contribution in [2.24, 2.45) is 13.0 Å². The van der Waals surface area contributed by atoms with E-state index in [0.717, 1.165) is 23.5 Å². The zero-order valence-electron chi connectivity index (χ0n) is 13.0. The van der Waals surface area contributed by atoms with Crippen molar-refractivity contribution >= 4 is 6.03 Å². The van der Waals surface area contributed by atoms with Gasteiger partial charge in [-0.3, -0.25) is 4.68 Å². The maximum atomic E-state index is 12.0. The predicted octanol–water partition coefficient (Wildman–Crippen LogP) is 2.59. The van der Waals surface area contributed by atoms with Gasteiger partial charge in [-0.1, -0.05) is 12.8 Å². The summed E-state index contributed by atoms with van der Waals surface area (Å²) in [6.45, 7) is 6.82. The van der Waals surface area contributed by atoms with Gasteiger partial charge in [0.15, 0.2) is 0 Å². The third kappa shape index (κ3) is 3.32. The summed E-state index contributed by atoms with van der Waals surface area (Å²) in [5.74, 6) is 0.665. The van der Waals surface area contributed by atoms with Gasteiger partial charge in [0, 0.05) is 24.8 Å². The van der Waals surface area contributed by atoms with Crippen molar-refractivity contribution in [1.29, 1.82) is 0 Å². The molecule has 0 aliphatic heterocycles. The number of hydrogen-bond acceptors (Lipinski definition) is 2. The van der Waals surface area contributed by atoms with E-state index in [4.69, 9.17) is 0 Å². The molecule has 1 aromatic heterocycles. The molecule has 20 heavy (non-hydrogen) atoms. The van der Waals surface area contributed by atoms with Gasteiger partial charge in [-0.25, -0.2) is 4.79 Å². The van der Waals surface area contributed by atoms with Crippen LogP contribution in [0, 0.1) is 19.8 Å². The molecule has 1 unspecified atom stereocenters. The Morgan fingerprint density at radius 1 is 1.40 bits per heavy atom. The van der Waals surface area contributed by atoms with Crippen LogP contribution >= 0.6 is 0 Å². The van der Waals surface area contributed by atoms with Gasteiger partial charge >= 0.3 is 6.03 Å². The molecule has 1 heterocycles. The second kappa shape index (κ2) is 6.29. The van der Waals surface area contributed by atoms with Crippen molar-refractivity contribution < 1.29 is 4.79 Å². The predicted molar refractivity (Wildman–Crippen MR) is 79.6 cm³/mol. The molecule has 112 valence electrons. The summed E-state index contributed by atoms with van der Waals surface area (Å²) in [5.41, 5.74) is 3.20. The Hall–Kier alpha value is -1.52. The molecular weight excluding hydrogens is 252 g/mol. The first-order valence-electron chi connectivity index (χ1n) is 7.53. The molecule has 0 spiro atoms. The van der Waals surface area contributed by atoms with Crippen molar-refractivity contribution in [2.45, 2.75) is 52.5 Å². The minimum Gasteiger partial charge on any atom is -0.338 e. The van der Waals surface area contributed by atoms with Crippen LogP contribution in [0.15, 0.2) is 0 Å². The van der Waals surface area contributed by atoms with Gasteiger partial charge in [0.25, 0.3) is 0 Å². The van der Waals surface area contributed by atoms with Crippen LogP contribution in [0.5, 0.6) is 0 Å². The minimum absolute atomic E-state index is 0.0210. The third-order valence-corrected chi connectivity index (χ3v) is 4.37. The van der Waals surface area contributed by atoms with Gasteiger partial charge < -0.3 is 10.6 Å². The molecule has 0 saturated heterocycles. The number of carbonyl (C=O) groups is 1. The van der Waals surface area contributed by atoms with Gasteiger partial charge in [-0.2, -0.15) is 5.10 Å². The second-order valence-corrected chi connectivity index (χ2v) is 5.93. The van der Waals surface area contributed by atoms with Crippen molar-refractivity contribution in [1.82, 2.24) is 20.4 Å². The summed E-state index contributed by atoms with van der Waals surface area (Å²) in [5, 5.41) is 10.4. The van der Waals surface area contributed by atoms with E-state index in [9.17, 15) is 4.79 Å². The number of nitrogens with zero attached hydrogens (tertiary/aromatic N) is 2. The Morgan fingerprint density at radius 2 is 2.05 bits per heavy atom. The SMILES string of the molecule is Cc1nn(C)c(C)c1C(C)NC(=O)NCC1CCCC1. The summed E-state index contributed by atoms with van der Waals surface area (Å²) < 4.78 is 1.86. The smallest absolute Gasteiger partial charge is 0.315 e. The van der Waals surface area contributed by atoms with E-state index in [1.54, 1.807) is 0 Å². The Morgan fingerprint density at radius 3 is 2.60 bits per heavy atom. The van der Waals surface area contributed by atoms with Crippen LogP contribution in [0.1, 0.15) is 55.6 Å². The summed E-state index contributed by atoms with van der Waals surface area (Å²) in [4.78, 5) is 12.0. The van der Waals surface area contributed by atoms with Gasteiger partial charge in [0.2, 0.25) is 0 Å². The second-order valence-electron chi connectivity index (χ2n) is 5.93. The fraction of sp³-hybridized carbons (Fsp3) is 0.733. The summed E-state index contributed by atoms with van der Waals surface area (Å²) in [6, 6.07) is -0.0978. The van der Waals surface area contributed by atoms with Gasteiger partial charge in [0.1, 0.15) is 0 Å². The number of rotatable bonds is 4. The number of amides is 2. The van der Waals surface area contributed by atoms with Crippen LogP contribution in [0.2, 0.25) is 0 Å². The van der Waals surface area contributed by atoms with Crippen molar-refractivity contribution in [3.8, 4) is 0 Å². The molecule has 1 saturated carbocycles. The van der Waals surface area contributed by atoms with Gasteiger partial charge in [-0.15, -0.1) is 0 Å². The van der Waals surface area contributed by atoms with Crippen LogP contribution in [0.3, 0.4) is 0 Å². The van der Waals surface area contributed by atoms with Crippen LogP contribution in [0.4, 0.5) is 4.79 Å². The summed E-state index contributed by atoms with van der Waals surface area (Å²) in [6.07, 6.45) is 5.10. The Balaban J connectivity index is 1.86. The van der Waals surface area contributed by atoms with E-state index in [1.807, 2.05) is 32.5 Å². The van der Waals surface area contributed by atoms with Crippen LogP contribution in [-0.2, 0) is 7.05 Å². The Bertz CT molecular complexity index is 474. The maximum Gasteiger partial charge on any atom is 0.315 e. The average molecular weight is 278 g/mol. The van der Waals surface area contributed by atoms with E-state index in [-0.39, 0.29) is 12.1 Å². The molecule has 0 aromatic carbocycles. The fourth-order valence-corrected chi connectivity index (χ4v) is 3.19. The first-order valence-corrected chi connectivity index (χ1v) is 7.53. The number of urea groups is 1. The minimum atomic E-state index is -0.0768. The quantitative estimate of drug-likeness (QED) is 0.889. The monoisotopic (exact) mass is 278 g/mol. The third-order valence-electron chi connectivity index (χ3n) is 4.37. The molecule has 0 radical (unpaired) electrons. The molecule has 0 bridgehead atoms. The lowest BCUT2D eigenvalue weighted by Crippen LogP contribution is -2.39. The first kappa shape index (κ1) is 14.9. The van der Waals surface area contributed by atoms with E-state index < -0.39 is 0 Å². The van der Waals surface area contributed by atoms with E-state index in [2.05, 4.69) is 15.7 Å². The van der Waals surface area contributed by atoms with Gasteiger partial charge in [-0.05, 0) is 39.5 Å². The Kier molecular flexibility index (Phi) is 4.68. The van der Waals surface area contributed by atoms with Crippen LogP contribution < -0.4 is 10.6 Å². The number of aromatic nitrogens is 2. The topological polar surface area (TPSA) is 59.0 Å². The molecule has 1 atom stereocenters.